The molecule has 0 aromatic heterocycles. The number of piperidine rings is 2. The number of hydrogen-bond donors (Lipinski definition) is 2. The summed E-state index contributed by atoms with van der Waals surface area (Å²) in [5, 5.41) is 6.29. The van der Waals surface area contributed by atoms with Gasteiger partial charge in [-0.3, -0.25) is 9.59 Å². The molecular formula is C23H26ClN3O2. The summed E-state index contributed by atoms with van der Waals surface area (Å²) >= 11 is 6.26. The van der Waals surface area contributed by atoms with E-state index in [1.54, 1.807) is 12.1 Å². The molecule has 2 saturated heterocycles. The third kappa shape index (κ3) is 4.02. The topological polar surface area (TPSA) is 61.4 Å². The summed E-state index contributed by atoms with van der Waals surface area (Å²) in [4.78, 5) is 27.6. The molecule has 2 fully saturated rings. The summed E-state index contributed by atoms with van der Waals surface area (Å²) in [7, 11) is 1.89. The standard InChI is InChI=1S/C23H26ClN3O2/c1-14-8-9-17(26-22(28)15-6-4-3-5-7-15)11-18(14)19-10-16-13-25-21(24)12-20(16)27(2)23(19)29/h3-9,11,16,19-21,25H,10,12-13H2,1-2H3,(H,26,28). The first-order chi connectivity index (χ1) is 13.9. The fourth-order valence-corrected chi connectivity index (χ4v) is 4.85. The van der Waals surface area contributed by atoms with E-state index in [9.17, 15) is 9.59 Å². The Morgan fingerprint density at radius 1 is 1.17 bits per heavy atom. The molecule has 2 heterocycles. The van der Waals surface area contributed by atoms with Crippen LogP contribution in [0.2, 0.25) is 0 Å². The minimum Gasteiger partial charge on any atom is -0.342 e. The van der Waals surface area contributed by atoms with Gasteiger partial charge >= 0.3 is 0 Å². The molecule has 2 aliphatic rings. The molecule has 2 aromatic rings. The molecule has 4 unspecified atom stereocenters. The molecule has 0 aliphatic carbocycles. The maximum Gasteiger partial charge on any atom is 0.255 e. The highest BCUT2D eigenvalue weighted by Crippen LogP contribution is 2.39. The molecule has 0 radical (unpaired) electrons. The Morgan fingerprint density at radius 2 is 1.93 bits per heavy atom. The number of carbonyl (C=O) groups excluding carboxylic acids is 2. The van der Waals surface area contributed by atoms with Gasteiger partial charge in [-0.05, 0) is 61.1 Å². The zero-order chi connectivity index (χ0) is 20.5. The summed E-state index contributed by atoms with van der Waals surface area (Å²) in [6.07, 6.45) is 1.56. The second-order valence-corrected chi connectivity index (χ2v) is 8.59. The van der Waals surface area contributed by atoms with Crippen LogP contribution < -0.4 is 10.6 Å². The largest absolute Gasteiger partial charge is 0.342 e. The van der Waals surface area contributed by atoms with Crippen LogP contribution in [0, 0.1) is 12.8 Å². The van der Waals surface area contributed by atoms with Gasteiger partial charge in [-0.2, -0.15) is 0 Å². The van der Waals surface area contributed by atoms with E-state index < -0.39 is 0 Å². The van der Waals surface area contributed by atoms with Gasteiger partial charge in [0, 0.05) is 30.9 Å². The number of likely N-dealkylation sites (N-methyl/N-ethyl adjacent to an activating group) is 1. The molecule has 152 valence electrons. The summed E-state index contributed by atoms with van der Waals surface area (Å²) in [5.41, 5.74) is 3.28. The van der Waals surface area contributed by atoms with E-state index >= 15 is 0 Å². The lowest BCUT2D eigenvalue weighted by atomic mass is 9.76. The number of carbonyl (C=O) groups is 2. The molecule has 0 spiro atoms. The lowest BCUT2D eigenvalue weighted by molar-refractivity contribution is -0.140. The number of anilines is 1. The van der Waals surface area contributed by atoms with Crippen molar-refractivity contribution in [1.82, 2.24) is 10.2 Å². The molecular weight excluding hydrogens is 386 g/mol. The predicted octanol–water partition coefficient (Wildman–Crippen LogP) is 3.74. The maximum absolute atomic E-state index is 13.2. The Labute approximate surface area is 176 Å². The average molecular weight is 412 g/mol. The smallest absolute Gasteiger partial charge is 0.255 e. The highest BCUT2D eigenvalue weighted by atomic mass is 35.5. The summed E-state index contributed by atoms with van der Waals surface area (Å²) in [5.74, 6) is 0.145. The van der Waals surface area contributed by atoms with Crippen LogP contribution in [-0.4, -0.2) is 41.8 Å². The first kappa shape index (κ1) is 19.9. The second kappa shape index (κ2) is 8.17. The number of benzene rings is 2. The van der Waals surface area contributed by atoms with E-state index in [-0.39, 0.29) is 29.3 Å². The molecule has 4 rings (SSSR count). The molecule has 29 heavy (non-hydrogen) atoms. The quantitative estimate of drug-likeness (QED) is 0.597. The molecule has 5 nitrogen and oxygen atoms in total. The molecule has 6 heteroatoms. The lowest BCUT2D eigenvalue weighted by Gasteiger charge is -2.46. The van der Waals surface area contributed by atoms with Crippen molar-refractivity contribution in [1.29, 1.82) is 0 Å². The van der Waals surface area contributed by atoms with Crippen LogP contribution in [0.4, 0.5) is 5.69 Å². The summed E-state index contributed by atoms with van der Waals surface area (Å²) in [6, 6.07) is 15.1. The minimum absolute atomic E-state index is 0.0821. The number of rotatable bonds is 3. The van der Waals surface area contributed by atoms with Gasteiger partial charge in [-0.1, -0.05) is 24.3 Å². The minimum atomic E-state index is -0.205. The van der Waals surface area contributed by atoms with Gasteiger partial charge in [0.05, 0.1) is 11.4 Å². The van der Waals surface area contributed by atoms with Gasteiger partial charge in [0.15, 0.2) is 0 Å². The lowest BCUT2D eigenvalue weighted by Crippen LogP contribution is -2.57. The fourth-order valence-electron chi connectivity index (χ4n) is 4.58. The van der Waals surface area contributed by atoms with Crippen LogP contribution in [-0.2, 0) is 4.79 Å². The number of nitrogens with one attached hydrogen (secondary N) is 2. The normalized spacial score (nSPS) is 26.7. The van der Waals surface area contributed by atoms with E-state index in [4.69, 9.17) is 11.6 Å². The van der Waals surface area contributed by atoms with Gasteiger partial charge < -0.3 is 15.5 Å². The third-order valence-electron chi connectivity index (χ3n) is 6.22. The number of hydrogen-bond acceptors (Lipinski definition) is 3. The number of nitrogens with zero attached hydrogens (tertiary/aromatic N) is 1. The third-order valence-corrected chi connectivity index (χ3v) is 6.56. The second-order valence-electron chi connectivity index (χ2n) is 8.07. The van der Waals surface area contributed by atoms with E-state index in [0.29, 0.717) is 17.2 Å². The number of halogens is 1. The first-order valence-electron chi connectivity index (χ1n) is 10.0. The van der Waals surface area contributed by atoms with Crippen molar-refractivity contribution in [3.05, 3.63) is 65.2 Å². The number of likely N-dealkylation sites (tertiary alicyclic amines) is 1. The van der Waals surface area contributed by atoms with Gasteiger partial charge in [0.1, 0.15) is 0 Å². The first-order valence-corrected chi connectivity index (χ1v) is 10.5. The van der Waals surface area contributed by atoms with Crippen molar-refractivity contribution in [3.8, 4) is 0 Å². The van der Waals surface area contributed by atoms with Crippen molar-refractivity contribution < 1.29 is 9.59 Å². The summed E-state index contributed by atoms with van der Waals surface area (Å²) in [6.45, 7) is 2.84. The van der Waals surface area contributed by atoms with Crippen molar-refractivity contribution in [2.75, 3.05) is 18.9 Å². The van der Waals surface area contributed by atoms with Crippen molar-refractivity contribution in [2.24, 2.45) is 5.92 Å². The number of amides is 2. The van der Waals surface area contributed by atoms with Crippen molar-refractivity contribution in [3.63, 3.8) is 0 Å². The highest BCUT2D eigenvalue weighted by Gasteiger charge is 2.43. The number of aryl methyl sites for hydroxylation is 1. The Bertz CT molecular complexity index is 918. The Hall–Kier alpha value is -2.37. The van der Waals surface area contributed by atoms with Crippen LogP contribution in [0.5, 0.6) is 0 Å². The van der Waals surface area contributed by atoms with Crippen LogP contribution in [0.15, 0.2) is 48.5 Å². The molecule has 2 amide bonds. The molecule has 2 N–H and O–H groups in total. The number of alkyl halides is 1. The van der Waals surface area contributed by atoms with E-state index in [1.165, 1.54) is 0 Å². The van der Waals surface area contributed by atoms with Gasteiger partial charge in [-0.25, -0.2) is 0 Å². The van der Waals surface area contributed by atoms with Crippen LogP contribution in [0.1, 0.15) is 40.2 Å². The molecule has 4 atom stereocenters. The van der Waals surface area contributed by atoms with Crippen molar-refractivity contribution >= 4 is 29.1 Å². The molecule has 0 saturated carbocycles. The van der Waals surface area contributed by atoms with E-state index in [1.807, 2.05) is 55.3 Å². The Balaban J connectivity index is 1.57. The van der Waals surface area contributed by atoms with Gasteiger partial charge in [0.2, 0.25) is 5.91 Å². The maximum atomic E-state index is 13.2. The monoisotopic (exact) mass is 411 g/mol. The summed E-state index contributed by atoms with van der Waals surface area (Å²) < 4.78 is 0. The highest BCUT2D eigenvalue weighted by molar-refractivity contribution is 6.20. The Kier molecular flexibility index (Phi) is 5.61. The number of fused-ring (bicyclic) bond motifs is 1. The Morgan fingerprint density at radius 3 is 2.69 bits per heavy atom. The van der Waals surface area contributed by atoms with Gasteiger partial charge in [0.25, 0.3) is 5.91 Å². The van der Waals surface area contributed by atoms with Crippen LogP contribution in [0.25, 0.3) is 0 Å². The van der Waals surface area contributed by atoms with E-state index in [2.05, 4.69) is 10.6 Å². The SMILES string of the molecule is Cc1ccc(NC(=O)c2ccccc2)cc1C1CC2CNC(Cl)CC2N(C)C1=O. The molecule has 2 aromatic carbocycles. The van der Waals surface area contributed by atoms with Crippen LogP contribution >= 0.6 is 11.6 Å². The van der Waals surface area contributed by atoms with Crippen molar-refractivity contribution in [2.45, 2.75) is 37.2 Å². The molecule has 0 bridgehead atoms. The molecule has 2 aliphatic heterocycles. The average Bonchev–Trinajstić information content (AvgIpc) is 2.73. The van der Waals surface area contributed by atoms with Crippen LogP contribution in [0.3, 0.4) is 0 Å². The zero-order valence-electron chi connectivity index (χ0n) is 16.7. The fraction of sp³-hybridized carbons (Fsp3) is 0.391. The van der Waals surface area contributed by atoms with Gasteiger partial charge in [-0.15, -0.1) is 11.6 Å². The van der Waals surface area contributed by atoms with E-state index in [0.717, 1.165) is 30.5 Å². The zero-order valence-corrected chi connectivity index (χ0v) is 17.4. The predicted molar refractivity (Wildman–Crippen MR) is 115 cm³/mol.